The molecule has 1 aromatic carbocycles. The van der Waals surface area contributed by atoms with E-state index in [1.165, 1.54) is 32.7 Å². The van der Waals surface area contributed by atoms with E-state index in [2.05, 4.69) is 20.3 Å². The van der Waals surface area contributed by atoms with Gasteiger partial charge in [0.2, 0.25) is 10.0 Å². The fourth-order valence-corrected chi connectivity index (χ4v) is 3.38. The van der Waals surface area contributed by atoms with Gasteiger partial charge in [0.25, 0.3) is 0 Å². The minimum Gasteiger partial charge on any atom is -0.354 e. The Balaban J connectivity index is 0.00000264. The van der Waals surface area contributed by atoms with Crippen LogP contribution >= 0.6 is 24.0 Å². The van der Waals surface area contributed by atoms with Crippen LogP contribution in [0.2, 0.25) is 0 Å². The summed E-state index contributed by atoms with van der Waals surface area (Å²) in [5, 5.41) is 6.63. The van der Waals surface area contributed by atoms with Crippen molar-refractivity contribution in [3.05, 3.63) is 29.8 Å². The van der Waals surface area contributed by atoms with Gasteiger partial charge in [0.05, 0.1) is 4.90 Å². The van der Waals surface area contributed by atoms with Gasteiger partial charge in [-0.1, -0.05) is 25.0 Å². The standard InChI is InChI=1S/C15H24N4O2S.HI/c1-16-15(19-13-7-3-4-8-13)18-11-12-6-5-9-14(10-12)22(20,21)17-2;/h5-6,9-10,13,17H,3-4,7-8,11H2,1-2H3,(H2,16,18,19);1H. The van der Waals surface area contributed by atoms with Gasteiger partial charge >= 0.3 is 0 Å². The molecule has 0 bridgehead atoms. The third-order valence-electron chi connectivity index (χ3n) is 3.86. The molecule has 1 fully saturated rings. The zero-order chi connectivity index (χ0) is 16.0. The van der Waals surface area contributed by atoms with Crippen molar-refractivity contribution in [1.82, 2.24) is 15.4 Å². The maximum absolute atomic E-state index is 11.8. The van der Waals surface area contributed by atoms with E-state index in [9.17, 15) is 8.42 Å². The Hall–Kier alpha value is -0.870. The van der Waals surface area contributed by atoms with E-state index in [1.54, 1.807) is 25.2 Å². The van der Waals surface area contributed by atoms with Crippen LogP contribution in [0.4, 0.5) is 0 Å². The van der Waals surface area contributed by atoms with E-state index >= 15 is 0 Å². The Morgan fingerprint density at radius 2 is 2.00 bits per heavy atom. The quantitative estimate of drug-likeness (QED) is 0.362. The SMILES string of the molecule is CN=C(NCc1cccc(S(=O)(=O)NC)c1)NC1CCCC1.I. The van der Waals surface area contributed by atoms with Crippen LogP contribution < -0.4 is 15.4 Å². The number of halogens is 1. The third kappa shape index (κ3) is 5.92. The van der Waals surface area contributed by atoms with Crippen molar-refractivity contribution in [3.63, 3.8) is 0 Å². The van der Waals surface area contributed by atoms with Gasteiger partial charge in [-0.05, 0) is 37.6 Å². The number of sulfonamides is 1. The van der Waals surface area contributed by atoms with E-state index < -0.39 is 10.0 Å². The summed E-state index contributed by atoms with van der Waals surface area (Å²) in [5.41, 5.74) is 0.894. The lowest BCUT2D eigenvalue weighted by Gasteiger charge is -2.17. The van der Waals surface area contributed by atoms with Gasteiger partial charge in [0, 0.05) is 19.6 Å². The van der Waals surface area contributed by atoms with Crippen LogP contribution in [0.15, 0.2) is 34.2 Å². The monoisotopic (exact) mass is 452 g/mol. The summed E-state index contributed by atoms with van der Waals surface area (Å²) in [4.78, 5) is 4.49. The first kappa shape index (κ1) is 20.2. The zero-order valence-corrected chi connectivity index (χ0v) is 16.6. The lowest BCUT2D eigenvalue weighted by Crippen LogP contribution is -2.41. The highest BCUT2D eigenvalue weighted by Crippen LogP contribution is 2.17. The molecule has 1 saturated carbocycles. The molecule has 0 radical (unpaired) electrons. The number of hydrogen-bond donors (Lipinski definition) is 3. The molecule has 1 aliphatic rings. The smallest absolute Gasteiger partial charge is 0.240 e. The van der Waals surface area contributed by atoms with Gasteiger partial charge < -0.3 is 10.6 Å². The van der Waals surface area contributed by atoms with Gasteiger partial charge in [0.1, 0.15) is 0 Å². The number of nitrogens with one attached hydrogen (secondary N) is 3. The number of hydrogen-bond acceptors (Lipinski definition) is 3. The molecule has 0 heterocycles. The van der Waals surface area contributed by atoms with Crippen LogP contribution in [0.25, 0.3) is 0 Å². The van der Waals surface area contributed by atoms with Crippen LogP contribution in [-0.4, -0.2) is 34.5 Å². The van der Waals surface area contributed by atoms with E-state index in [1.807, 2.05) is 6.07 Å². The number of aliphatic imine (C=N–C) groups is 1. The van der Waals surface area contributed by atoms with Crippen molar-refractivity contribution in [2.45, 2.75) is 43.2 Å². The van der Waals surface area contributed by atoms with Gasteiger partial charge in [-0.25, -0.2) is 13.1 Å². The van der Waals surface area contributed by atoms with E-state index in [-0.39, 0.29) is 28.9 Å². The van der Waals surface area contributed by atoms with Crippen LogP contribution in [0.1, 0.15) is 31.2 Å². The first-order valence-corrected chi connectivity index (χ1v) is 9.03. The highest BCUT2D eigenvalue weighted by molar-refractivity contribution is 14.0. The molecule has 8 heteroatoms. The van der Waals surface area contributed by atoms with Gasteiger partial charge in [-0.15, -0.1) is 24.0 Å². The van der Waals surface area contributed by atoms with Crippen molar-refractivity contribution in [3.8, 4) is 0 Å². The molecule has 1 aliphatic carbocycles. The van der Waals surface area contributed by atoms with Gasteiger partial charge in [-0.2, -0.15) is 0 Å². The maximum Gasteiger partial charge on any atom is 0.240 e. The minimum absolute atomic E-state index is 0. The molecular formula is C15H25IN4O2S. The van der Waals surface area contributed by atoms with E-state index in [4.69, 9.17) is 0 Å². The number of rotatable bonds is 5. The molecule has 3 N–H and O–H groups in total. The largest absolute Gasteiger partial charge is 0.354 e. The predicted octanol–water partition coefficient (Wildman–Crippen LogP) is 1.82. The molecule has 6 nitrogen and oxygen atoms in total. The van der Waals surface area contributed by atoms with Crippen molar-refractivity contribution >= 4 is 40.0 Å². The van der Waals surface area contributed by atoms with Crippen LogP contribution in [0, 0.1) is 0 Å². The summed E-state index contributed by atoms with van der Waals surface area (Å²) in [6.07, 6.45) is 4.88. The summed E-state index contributed by atoms with van der Waals surface area (Å²) >= 11 is 0. The Bertz CT molecular complexity index is 628. The fraction of sp³-hybridized carbons (Fsp3) is 0.533. The zero-order valence-electron chi connectivity index (χ0n) is 13.5. The normalized spacial score (nSPS) is 16.0. The summed E-state index contributed by atoms with van der Waals surface area (Å²) < 4.78 is 25.9. The highest BCUT2D eigenvalue weighted by Gasteiger charge is 2.16. The highest BCUT2D eigenvalue weighted by atomic mass is 127. The lowest BCUT2D eigenvalue weighted by molar-refractivity contribution is 0.588. The maximum atomic E-state index is 11.8. The molecule has 0 saturated heterocycles. The summed E-state index contributed by atoms with van der Waals surface area (Å²) in [5.74, 6) is 0.758. The van der Waals surface area contributed by atoms with Crippen molar-refractivity contribution < 1.29 is 8.42 Å². The molecular weight excluding hydrogens is 427 g/mol. The molecule has 2 rings (SSSR count). The van der Waals surface area contributed by atoms with Crippen LogP contribution in [-0.2, 0) is 16.6 Å². The minimum atomic E-state index is -3.41. The van der Waals surface area contributed by atoms with E-state index in [0.717, 1.165) is 11.5 Å². The summed E-state index contributed by atoms with van der Waals surface area (Å²) in [6, 6.07) is 7.38. The lowest BCUT2D eigenvalue weighted by atomic mass is 10.2. The molecule has 0 aromatic heterocycles. The molecule has 0 spiro atoms. The summed E-state index contributed by atoms with van der Waals surface area (Å²) in [7, 11) is -0.255. The van der Waals surface area contributed by atoms with Crippen molar-refractivity contribution in [2.24, 2.45) is 4.99 Å². The Morgan fingerprint density at radius 3 is 2.61 bits per heavy atom. The molecule has 1 aromatic rings. The molecule has 0 aliphatic heterocycles. The number of guanidine groups is 1. The van der Waals surface area contributed by atoms with Crippen molar-refractivity contribution in [2.75, 3.05) is 14.1 Å². The topological polar surface area (TPSA) is 82.6 Å². The fourth-order valence-electron chi connectivity index (χ4n) is 2.58. The Labute approximate surface area is 155 Å². The average Bonchev–Trinajstić information content (AvgIpc) is 3.04. The second-order valence-corrected chi connectivity index (χ2v) is 7.29. The average molecular weight is 452 g/mol. The Morgan fingerprint density at radius 1 is 1.30 bits per heavy atom. The van der Waals surface area contributed by atoms with Crippen molar-refractivity contribution in [1.29, 1.82) is 0 Å². The second kappa shape index (κ2) is 9.43. The van der Waals surface area contributed by atoms with Gasteiger partial charge in [-0.3, -0.25) is 4.99 Å². The van der Waals surface area contributed by atoms with Gasteiger partial charge in [0.15, 0.2) is 5.96 Å². The molecule has 130 valence electrons. The molecule has 0 atom stereocenters. The summed E-state index contributed by atoms with van der Waals surface area (Å²) in [6.45, 7) is 0.527. The predicted molar refractivity (Wildman–Crippen MR) is 104 cm³/mol. The number of benzene rings is 1. The third-order valence-corrected chi connectivity index (χ3v) is 5.27. The van der Waals surface area contributed by atoms with Crippen LogP contribution in [0.3, 0.4) is 0 Å². The molecule has 0 amide bonds. The van der Waals surface area contributed by atoms with Crippen LogP contribution in [0.5, 0.6) is 0 Å². The number of nitrogens with zero attached hydrogens (tertiary/aromatic N) is 1. The second-order valence-electron chi connectivity index (χ2n) is 5.41. The molecule has 23 heavy (non-hydrogen) atoms. The first-order chi connectivity index (χ1) is 10.5. The first-order valence-electron chi connectivity index (χ1n) is 7.55. The Kier molecular flexibility index (Phi) is 8.27. The molecule has 0 unspecified atom stereocenters. The van der Waals surface area contributed by atoms with E-state index in [0.29, 0.717) is 12.6 Å².